The van der Waals surface area contributed by atoms with Crippen molar-refractivity contribution in [3.05, 3.63) is 125 Å². The highest BCUT2D eigenvalue weighted by molar-refractivity contribution is 5.94. The number of carbonyl (C=O) groups excluding carboxylic acids is 1. The Labute approximate surface area is 191 Å². The van der Waals surface area contributed by atoms with Crippen LogP contribution in [-0.4, -0.2) is 15.7 Å². The van der Waals surface area contributed by atoms with Crippen molar-refractivity contribution in [1.82, 2.24) is 15.1 Å². The Morgan fingerprint density at radius 3 is 2.39 bits per heavy atom. The molecule has 2 atom stereocenters. The number of rotatable bonds is 5. The van der Waals surface area contributed by atoms with Gasteiger partial charge in [-0.25, -0.2) is 4.68 Å². The van der Waals surface area contributed by atoms with Gasteiger partial charge in [-0.1, -0.05) is 43.0 Å². The Hall–Kier alpha value is -4.16. The van der Waals surface area contributed by atoms with Gasteiger partial charge in [0.2, 0.25) is 0 Å². The third-order valence-electron chi connectivity index (χ3n) is 6.37. The van der Waals surface area contributed by atoms with Crippen molar-refractivity contribution in [1.29, 1.82) is 0 Å². The van der Waals surface area contributed by atoms with Crippen LogP contribution < -0.4 is 11.1 Å². The van der Waals surface area contributed by atoms with E-state index in [1.165, 1.54) is 5.56 Å². The molecule has 6 nitrogen and oxygen atoms in total. The SMILES string of the molecule is C=C(N)c1ccc(CNC(=O)c2ccc3c(c2)[C@@H]2O[C@H]3c3ccc(-n4cccn4)cc32)cc1. The quantitative estimate of drug-likeness (QED) is 0.492. The minimum Gasteiger partial charge on any atom is -0.399 e. The number of nitrogens with two attached hydrogens (primary N) is 1. The van der Waals surface area contributed by atoms with E-state index in [-0.39, 0.29) is 18.1 Å². The molecule has 2 bridgehead atoms. The van der Waals surface area contributed by atoms with E-state index in [2.05, 4.69) is 35.2 Å². The third-order valence-corrected chi connectivity index (χ3v) is 6.37. The van der Waals surface area contributed by atoms with Crippen LogP contribution in [0, 0.1) is 0 Å². The van der Waals surface area contributed by atoms with Gasteiger partial charge < -0.3 is 15.8 Å². The van der Waals surface area contributed by atoms with Crippen LogP contribution in [0.3, 0.4) is 0 Å². The van der Waals surface area contributed by atoms with Crippen LogP contribution in [0.4, 0.5) is 0 Å². The summed E-state index contributed by atoms with van der Waals surface area (Å²) in [5.74, 6) is -0.113. The molecule has 3 heterocycles. The molecule has 0 saturated carbocycles. The van der Waals surface area contributed by atoms with Gasteiger partial charge in [-0.2, -0.15) is 5.10 Å². The number of nitrogens with one attached hydrogen (secondary N) is 1. The maximum atomic E-state index is 12.9. The molecule has 0 saturated heterocycles. The Morgan fingerprint density at radius 2 is 1.67 bits per heavy atom. The maximum absolute atomic E-state index is 12.9. The molecular weight excluding hydrogens is 412 g/mol. The van der Waals surface area contributed by atoms with Crippen LogP contribution >= 0.6 is 0 Å². The number of hydrogen-bond acceptors (Lipinski definition) is 4. The summed E-state index contributed by atoms with van der Waals surface area (Å²) >= 11 is 0. The van der Waals surface area contributed by atoms with Crippen LogP contribution in [0.1, 0.15) is 55.9 Å². The van der Waals surface area contributed by atoms with Gasteiger partial charge in [-0.3, -0.25) is 4.79 Å². The summed E-state index contributed by atoms with van der Waals surface area (Å²) in [6.07, 6.45) is 3.44. The van der Waals surface area contributed by atoms with E-state index in [1.807, 2.05) is 59.4 Å². The molecule has 3 N–H and O–H groups in total. The number of benzene rings is 3. The van der Waals surface area contributed by atoms with Crippen LogP contribution in [-0.2, 0) is 11.3 Å². The molecule has 0 spiro atoms. The second kappa shape index (κ2) is 7.46. The predicted molar refractivity (Wildman–Crippen MR) is 126 cm³/mol. The summed E-state index contributed by atoms with van der Waals surface area (Å²) in [5, 5.41) is 7.33. The Kier molecular flexibility index (Phi) is 4.41. The topological polar surface area (TPSA) is 82.2 Å². The number of amides is 1. The first-order valence-corrected chi connectivity index (χ1v) is 10.8. The van der Waals surface area contributed by atoms with Crippen molar-refractivity contribution in [3.8, 4) is 5.69 Å². The molecule has 6 heteroatoms. The molecule has 0 aliphatic carbocycles. The first kappa shape index (κ1) is 19.5. The lowest BCUT2D eigenvalue weighted by molar-refractivity contribution is 0.0857. The van der Waals surface area contributed by atoms with Gasteiger partial charge in [0.15, 0.2) is 0 Å². The maximum Gasteiger partial charge on any atom is 0.251 e. The molecule has 1 aromatic heterocycles. The van der Waals surface area contributed by atoms with Crippen molar-refractivity contribution in [2.24, 2.45) is 5.73 Å². The fraction of sp³-hybridized carbons (Fsp3) is 0.111. The summed E-state index contributed by atoms with van der Waals surface area (Å²) in [4.78, 5) is 12.9. The van der Waals surface area contributed by atoms with Gasteiger partial charge in [0.1, 0.15) is 12.2 Å². The first-order chi connectivity index (χ1) is 16.1. The number of nitrogens with zero attached hydrogens (tertiary/aromatic N) is 2. The van der Waals surface area contributed by atoms with Crippen LogP contribution in [0.2, 0.25) is 0 Å². The highest BCUT2D eigenvalue weighted by Gasteiger charge is 2.43. The lowest BCUT2D eigenvalue weighted by Crippen LogP contribution is -2.23. The van der Waals surface area contributed by atoms with E-state index in [4.69, 9.17) is 10.5 Å². The van der Waals surface area contributed by atoms with Crippen molar-refractivity contribution < 1.29 is 9.53 Å². The monoisotopic (exact) mass is 434 g/mol. The molecule has 0 fully saturated rings. The van der Waals surface area contributed by atoms with E-state index in [0.717, 1.165) is 33.5 Å². The third kappa shape index (κ3) is 3.23. The summed E-state index contributed by atoms with van der Waals surface area (Å²) in [7, 11) is 0. The predicted octanol–water partition coefficient (Wildman–Crippen LogP) is 4.25. The number of hydrogen-bond donors (Lipinski definition) is 2. The second-order valence-electron chi connectivity index (χ2n) is 8.41. The number of fused-ring (bicyclic) bond motifs is 8. The van der Waals surface area contributed by atoms with Crippen molar-refractivity contribution >= 4 is 11.6 Å². The van der Waals surface area contributed by atoms with Crippen LogP contribution in [0.5, 0.6) is 0 Å². The standard InChI is InChI=1S/C27H22N4O2/c1-16(28)18-5-3-17(4-6-18)15-29-27(32)19-7-9-21-23(13-19)26-24-14-20(31-12-2-11-30-31)8-10-22(24)25(21)33-26/h2-14,25-26H,1,15,28H2,(H,29,32)/t25-,26+/m1/s1. The highest BCUT2D eigenvalue weighted by Crippen LogP contribution is 2.54. The highest BCUT2D eigenvalue weighted by atomic mass is 16.5. The zero-order valence-electron chi connectivity index (χ0n) is 17.9. The molecule has 33 heavy (non-hydrogen) atoms. The Balaban J connectivity index is 1.22. The zero-order chi connectivity index (χ0) is 22.5. The summed E-state index contributed by atoms with van der Waals surface area (Å²) in [6.45, 7) is 4.18. The smallest absolute Gasteiger partial charge is 0.251 e. The molecule has 1 amide bonds. The van der Waals surface area contributed by atoms with Crippen molar-refractivity contribution in [3.63, 3.8) is 0 Å². The second-order valence-corrected chi connectivity index (χ2v) is 8.41. The largest absolute Gasteiger partial charge is 0.399 e. The van der Waals surface area contributed by atoms with Crippen LogP contribution in [0.15, 0.2) is 85.7 Å². The van der Waals surface area contributed by atoms with Gasteiger partial charge in [0, 0.05) is 30.2 Å². The molecule has 162 valence electrons. The molecule has 4 aromatic rings. The summed E-state index contributed by atoms with van der Waals surface area (Å²) in [6, 6.07) is 21.7. The van der Waals surface area contributed by atoms with E-state index in [0.29, 0.717) is 17.8 Å². The van der Waals surface area contributed by atoms with E-state index in [9.17, 15) is 4.79 Å². The normalized spacial score (nSPS) is 17.5. The Bertz CT molecular complexity index is 1390. The minimum atomic E-state index is -0.167. The summed E-state index contributed by atoms with van der Waals surface area (Å²) in [5.41, 5.74) is 14.3. The molecular formula is C27H22N4O2. The first-order valence-electron chi connectivity index (χ1n) is 10.8. The molecule has 6 rings (SSSR count). The average Bonchev–Trinajstić information content (AvgIpc) is 3.58. The molecule has 2 aliphatic rings. The van der Waals surface area contributed by atoms with Gasteiger partial charge in [0.25, 0.3) is 5.91 Å². The number of carbonyl (C=O) groups is 1. The minimum absolute atomic E-state index is 0.0837. The molecule has 0 unspecified atom stereocenters. The van der Waals surface area contributed by atoms with Gasteiger partial charge >= 0.3 is 0 Å². The number of ether oxygens (including phenoxy) is 1. The van der Waals surface area contributed by atoms with Gasteiger partial charge in [-0.15, -0.1) is 0 Å². The molecule has 2 aliphatic heterocycles. The molecule has 0 radical (unpaired) electrons. The van der Waals surface area contributed by atoms with E-state index >= 15 is 0 Å². The van der Waals surface area contributed by atoms with Crippen LogP contribution in [0.25, 0.3) is 11.4 Å². The molecule has 3 aromatic carbocycles. The average molecular weight is 434 g/mol. The van der Waals surface area contributed by atoms with Crippen molar-refractivity contribution in [2.45, 2.75) is 18.8 Å². The van der Waals surface area contributed by atoms with Crippen molar-refractivity contribution in [2.75, 3.05) is 0 Å². The summed E-state index contributed by atoms with van der Waals surface area (Å²) < 4.78 is 8.14. The lowest BCUT2D eigenvalue weighted by Gasteiger charge is -2.17. The Morgan fingerprint density at radius 1 is 0.970 bits per heavy atom. The van der Waals surface area contributed by atoms with Gasteiger partial charge in [0.05, 0.1) is 5.69 Å². The number of aromatic nitrogens is 2. The van der Waals surface area contributed by atoms with Gasteiger partial charge in [-0.05, 0) is 63.7 Å². The fourth-order valence-corrected chi connectivity index (χ4v) is 4.66. The van der Waals surface area contributed by atoms with E-state index in [1.54, 1.807) is 6.20 Å². The zero-order valence-corrected chi connectivity index (χ0v) is 17.9. The lowest BCUT2D eigenvalue weighted by atomic mass is 9.85. The van der Waals surface area contributed by atoms with E-state index < -0.39 is 0 Å². The fourth-order valence-electron chi connectivity index (χ4n) is 4.66.